The molecule has 1 aromatic rings. The summed E-state index contributed by atoms with van der Waals surface area (Å²) in [6.07, 6.45) is 1.61. The van der Waals surface area contributed by atoms with Gasteiger partial charge in [-0.25, -0.2) is 4.98 Å². The predicted molar refractivity (Wildman–Crippen MR) is 65.5 cm³/mol. The molecule has 0 radical (unpaired) electrons. The Kier molecular flexibility index (Phi) is 4.27. The summed E-state index contributed by atoms with van der Waals surface area (Å²) in [7, 11) is 0. The van der Waals surface area contributed by atoms with Gasteiger partial charge in [0, 0.05) is 17.1 Å². The van der Waals surface area contributed by atoms with Gasteiger partial charge in [0.25, 0.3) is 0 Å². The van der Waals surface area contributed by atoms with Crippen molar-refractivity contribution in [1.82, 2.24) is 10.3 Å². The maximum absolute atomic E-state index is 12.6. The Morgan fingerprint density at radius 2 is 2.11 bits per heavy atom. The van der Waals surface area contributed by atoms with Gasteiger partial charge in [-0.2, -0.15) is 13.2 Å². The Hall–Kier alpha value is -0.620. The van der Waals surface area contributed by atoms with Crippen molar-refractivity contribution in [1.29, 1.82) is 0 Å². The van der Waals surface area contributed by atoms with E-state index in [0.717, 1.165) is 35.6 Å². The Morgan fingerprint density at radius 1 is 1.44 bits per heavy atom. The molecular formula is C12H17F3N2S. The number of alkyl halides is 3. The Morgan fingerprint density at radius 3 is 2.61 bits per heavy atom. The van der Waals surface area contributed by atoms with Crippen molar-refractivity contribution in [3.05, 3.63) is 16.1 Å². The second kappa shape index (κ2) is 5.57. The van der Waals surface area contributed by atoms with Crippen LogP contribution in [0, 0.1) is 5.92 Å². The van der Waals surface area contributed by atoms with Gasteiger partial charge in [-0.3, -0.25) is 0 Å². The van der Waals surface area contributed by atoms with Crippen LogP contribution in [0.5, 0.6) is 0 Å². The molecule has 0 amide bonds. The average molecular weight is 278 g/mol. The summed E-state index contributed by atoms with van der Waals surface area (Å²) in [4.78, 5) is 4.23. The fraction of sp³-hybridized carbons (Fsp3) is 0.750. The van der Waals surface area contributed by atoms with Crippen LogP contribution in [-0.2, 0) is 6.18 Å². The third-order valence-electron chi connectivity index (χ3n) is 3.37. The molecule has 102 valence electrons. The summed E-state index contributed by atoms with van der Waals surface area (Å²) in [5.74, 6) is 0.450. The van der Waals surface area contributed by atoms with Crippen molar-refractivity contribution in [3.63, 3.8) is 0 Å². The Balaban J connectivity index is 2.17. The predicted octanol–water partition coefficient (Wildman–Crippen LogP) is 4.00. The van der Waals surface area contributed by atoms with Gasteiger partial charge in [0.2, 0.25) is 0 Å². The number of hydrogen-bond donors (Lipinski definition) is 1. The van der Waals surface area contributed by atoms with Gasteiger partial charge in [-0.1, -0.05) is 19.8 Å². The van der Waals surface area contributed by atoms with Gasteiger partial charge >= 0.3 is 6.18 Å². The molecule has 1 fully saturated rings. The highest BCUT2D eigenvalue weighted by molar-refractivity contribution is 7.11. The van der Waals surface area contributed by atoms with Gasteiger partial charge in [-0.05, 0) is 25.3 Å². The molecule has 0 aliphatic heterocycles. The first-order valence-electron chi connectivity index (χ1n) is 6.28. The number of hydrogen-bond acceptors (Lipinski definition) is 3. The summed E-state index contributed by atoms with van der Waals surface area (Å²) in [6.45, 7) is 2.74. The summed E-state index contributed by atoms with van der Waals surface area (Å²) < 4.78 is 37.7. The maximum atomic E-state index is 12.6. The van der Waals surface area contributed by atoms with Gasteiger partial charge < -0.3 is 5.32 Å². The lowest BCUT2D eigenvalue weighted by atomic mass is 9.97. The molecule has 0 saturated heterocycles. The van der Waals surface area contributed by atoms with E-state index in [-0.39, 0.29) is 6.04 Å². The van der Waals surface area contributed by atoms with Crippen LogP contribution < -0.4 is 5.32 Å². The van der Waals surface area contributed by atoms with Crippen LogP contribution in [0.2, 0.25) is 0 Å². The molecule has 18 heavy (non-hydrogen) atoms. The molecule has 0 spiro atoms. The van der Waals surface area contributed by atoms with Crippen molar-refractivity contribution in [2.24, 2.45) is 5.92 Å². The first kappa shape index (κ1) is 13.8. The second-order valence-electron chi connectivity index (χ2n) is 4.65. The van der Waals surface area contributed by atoms with Crippen LogP contribution in [0.15, 0.2) is 6.20 Å². The molecule has 1 aliphatic rings. The average Bonchev–Trinajstić information content (AvgIpc) is 2.96. The zero-order valence-electron chi connectivity index (χ0n) is 10.3. The largest absolute Gasteiger partial charge is 0.443 e. The van der Waals surface area contributed by atoms with E-state index in [4.69, 9.17) is 0 Å². The Bertz CT molecular complexity index is 383. The van der Waals surface area contributed by atoms with Crippen molar-refractivity contribution in [3.8, 4) is 0 Å². The van der Waals surface area contributed by atoms with Gasteiger partial charge in [0.1, 0.15) is 0 Å². The number of nitrogens with zero attached hydrogens (tertiary/aromatic N) is 1. The van der Waals surface area contributed by atoms with Crippen LogP contribution in [0.25, 0.3) is 0 Å². The van der Waals surface area contributed by atoms with Crippen LogP contribution in [0.4, 0.5) is 13.2 Å². The van der Waals surface area contributed by atoms with E-state index in [2.05, 4.69) is 10.3 Å². The summed E-state index contributed by atoms with van der Waals surface area (Å²) in [6, 6.07) is 0.0334. The Labute approximate surface area is 109 Å². The van der Waals surface area contributed by atoms with Crippen LogP contribution in [0.3, 0.4) is 0 Å². The molecule has 1 N–H and O–H groups in total. The molecule has 2 nitrogen and oxygen atoms in total. The molecule has 1 atom stereocenters. The zero-order valence-corrected chi connectivity index (χ0v) is 11.1. The summed E-state index contributed by atoms with van der Waals surface area (Å²) >= 11 is 0.776. The first-order valence-corrected chi connectivity index (χ1v) is 7.10. The fourth-order valence-corrected chi connectivity index (χ4v) is 3.52. The number of rotatable bonds is 4. The van der Waals surface area contributed by atoms with E-state index in [1.165, 1.54) is 19.0 Å². The molecular weight excluding hydrogens is 261 g/mol. The van der Waals surface area contributed by atoms with E-state index < -0.39 is 11.2 Å². The van der Waals surface area contributed by atoms with E-state index >= 15 is 0 Å². The van der Waals surface area contributed by atoms with Gasteiger partial charge in [0.15, 0.2) is 5.01 Å². The van der Waals surface area contributed by atoms with Crippen molar-refractivity contribution in [2.75, 3.05) is 6.54 Å². The summed E-state index contributed by atoms with van der Waals surface area (Å²) in [5.41, 5.74) is 0. The highest BCUT2D eigenvalue weighted by atomic mass is 32.1. The van der Waals surface area contributed by atoms with E-state index in [9.17, 15) is 13.2 Å². The van der Waals surface area contributed by atoms with Crippen molar-refractivity contribution >= 4 is 11.3 Å². The van der Waals surface area contributed by atoms with Gasteiger partial charge in [-0.15, -0.1) is 11.3 Å². The lowest BCUT2D eigenvalue weighted by molar-refractivity contribution is -0.137. The normalized spacial score (nSPS) is 19.3. The molecule has 1 aromatic heterocycles. The number of thiazole rings is 1. The van der Waals surface area contributed by atoms with E-state index in [0.29, 0.717) is 5.92 Å². The quantitative estimate of drug-likeness (QED) is 0.900. The highest BCUT2D eigenvalue weighted by Crippen LogP contribution is 2.40. The van der Waals surface area contributed by atoms with Crippen LogP contribution >= 0.6 is 11.3 Å². The molecule has 1 aliphatic carbocycles. The lowest BCUT2D eigenvalue weighted by Gasteiger charge is -2.22. The minimum Gasteiger partial charge on any atom is -0.309 e. The molecule has 0 aromatic carbocycles. The zero-order chi connectivity index (χ0) is 13.2. The van der Waals surface area contributed by atoms with Crippen LogP contribution in [0.1, 0.15) is 48.5 Å². The number of aromatic nitrogens is 1. The van der Waals surface area contributed by atoms with Crippen molar-refractivity contribution < 1.29 is 13.2 Å². The molecule has 1 unspecified atom stereocenters. The SMILES string of the molecule is CCNC(c1cnc(C(F)(F)F)s1)C1CCCC1. The summed E-state index contributed by atoms with van der Waals surface area (Å²) in [5, 5.41) is 2.57. The molecule has 1 heterocycles. The third kappa shape index (κ3) is 3.03. The fourth-order valence-electron chi connectivity index (χ4n) is 2.57. The van der Waals surface area contributed by atoms with E-state index in [1.54, 1.807) is 0 Å². The number of halogens is 3. The molecule has 0 bridgehead atoms. The second-order valence-corrected chi connectivity index (χ2v) is 5.71. The monoisotopic (exact) mass is 278 g/mol. The smallest absolute Gasteiger partial charge is 0.309 e. The minimum atomic E-state index is -4.32. The number of nitrogens with one attached hydrogen (secondary N) is 1. The van der Waals surface area contributed by atoms with Crippen LogP contribution in [-0.4, -0.2) is 11.5 Å². The molecule has 6 heteroatoms. The first-order chi connectivity index (χ1) is 8.52. The highest BCUT2D eigenvalue weighted by Gasteiger charge is 2.36. The molecule has 1 saturated carbocycles. The van der Waals surface area contributed by atoms with E-state index in [1.807, 2.05) is 6.92 Å². The third-order valence-corrected chi connectivity index (χ3v) is 4.49. The standard InChI is InChI=1S/C12H17F3N2S/c1-2-16-10(8-5-3-4-6-8)9-7-17-11(18-9)12(13,14)15/h7-8,10,16H,2-6H2,1H3. The van der Waals surface area contributed by atoms with Gasteiger partial charge in [0.05, 0.1) is 0 Å². The minimum absolute atomic E-state index is 0.0334. The molecule has 2 rings (SSSR count). The maximum Gasteiger partial charge on any atom is 0.443 e. The van der Waals surface area contributed by atoms with Crippen molar-refractivity contribution in [2.45, 2.75) is 44.8 Å². The lowest BCUT2D eigenvalue weighted by Crippen LogP contribution is -2.26. The topological polar surface area (TPSA) is 24.9 Å².